The van der Waals surface area contributed by atoms with Gasteiger partial charge < -0.3 is 11.1 Å². The minimum atomic E-state index is -0.131. The molecule has 0 bridgehead atoms. The van der Waals surface area contributed by atoms with E-state index in [1.165, 1.54) is 0 Å². The molecule has 0 fully saturated rings. The number of carbonyl (C=O) groups is 1. The number of nitrogens with one attached hydrogen (secondary N) is 1. The predicted octanol–water partition coefficient (Wildman–Crippen LogP) is 4.03. The van der Waals surface area contributed by atoms with Crippen molar-refractivity contribution in [1.82, 2.24) is 0 Å². The number of benzene rings is 2. The molecule has 0 heterocycles. The summed E-state index contributed by atoms with van der Waals surface area (Å²) in [5.74, 6) is 0.278. The molecular weight excluding hydrogens is 248 g/mol. The maximum atomic E-state index is 12.3. The number of anilines is 2. The van der Waals surface area contributed by atoms with Gasteiger partial charge in [0.1, 0.15) is 0 Å². The van der Waals surface area contributed by atoms with Gasteiger partial charge in [-0.15, -0.1) is 0 Å². The lowest BCUT2D eigenvalue weighted by Gasteiger charge is -2.15. The van der Waals surface area contributed by atoms with E-state index in [-0.39, 0.29) is 5.91 Å². The molecule has 0 aliphatic heterocycles. The zero-order chi connectivity index (χ0) is 14.5. The monoisotopic (exact) mass is 268 g/mol. The molecule has 1 unspecified atom stereocenters. The number of para-hydroxylation sites is 1. The summed E-state index contributed by atoms with van der Waals surface area (Å²) in [7, 11) is 0. The van der Waals surface area contributed by atoms with Gasteiger partial charge in [0.15, 0.2) is 0 Å². The average molecular weight is 268 g/mol. The van der Waals surface area contributed by atoms with Gasteiger partial charge in [0, 0.05) is 16.9 Å². The van der Waals surface area contributed by atoms with Crippen LogP contribution in [-0.4, -0.2) is 5.91 Å². The van der Waals surface area contributed by atoms with E-state index in [0.717, 1.165) is 17.7 Å². The topological polar surface area (TPSA) is 55.1 Å². The van der Waals surface area contributed by atoms with Crippen molar-refractivity contribution in [3.63, 3.8) is 0 Å². The first-order chi connectivity index (χ1) is 9.61. The van der Waals surface area contributed by atoms with Crippen molar-refractivity contribution in [2.45, 2.75) is 26.2 Å². The van der Waals surface area contributed by atoms with Crippen LogP contribution in [0.3, 0.4) is 0 Å². The van der Waals surface area contributed by atoms with Gasteiger partial charge in [-0.3, -0.25) is 4.79 Å². The number of carbonyl (C=O) groups excluding carboxylic acids is 1. The average Bonchev–Trinajstić information content (AvgIpc) is 2.47. The molecular formula is C17H20N2O. The largest absolute Gasteiger partial charge is 0.399 e. The second-order valence-corrected chi connectivity index (χ2v) is 4.98. The first-order valence-electron chi connectivity index (χ1n) is 6.87. The lowest BCUT2D eigenvalue weighted by Crippen LogP contribution is -2.14. The van der Waals surface area contributed by atoms with Crippen molar-refractivity contribution in [2.24, 2.45) is 0 Å². The third kappa shape index (κ3) is 3.18. The first kappa shape index (κ1) is 14.1. The van der Waals surface area contributed by atoms with E-state index < -0.39 is 0 Å². The van der Waals surface area contributed by atoms with Gasteiger partial charge in [0.05, 0.1) is 0 Å². The molecule has 0 aromatic heterocycles. The molecule has 0 aliphatic rings. The minimum absolute atomic E-state index is 0.131. The highest BCUT2D eigenvalue weighted by atomic mass is 16.1. The van der Waals surface area contributed by atoms with Crippen LogP contribution in [0.25, 0.3) is 0 Å². The Morgan fingerprint density at radius 1 is 1.20 bits per heavy atom. The molecule has 2 rings (SSSR count). The van der Waals surface area contributed by atoms with Crippen LogP contribution in [-0.2, 0) is 0 Å². The molecule has 0 saturated carbocycles. The van der Waals surface area contributed by atoms with Crippen LogP contribution in [0.15, 0.2) is 48.5 Å². The fraction of sp³-hybridized carbons (Fsp3) is 0.235. The summed E-state index contributed by atoms with van der Waals surface area (Å²) in [6.07, 6.45) is 1.03. The SMILES string of the molecule is CCC(C)c1ccccc1NC(=O)c1cccc(N)c1. The van der Waals surface area contributed by atoms with Crippen molar-refractivity contribution in [2.75, 3.05) is 11.1 Å². The Kier molecular flexibility index (Phi) is 4.41. The molecule has 0 spiro atoms. The normalized spacial score (nSPS) is 11.9. The second-order valence-electron chi connectivity index (χ2n) is 4.98. The van der Waals surface area contributed by atoms with Crippen LogP contribution >= 0.6 is 0 Å². The summed E-state index contributed by atoms with van der Waals surface area (Å²) < 4.78 is 0. The standard InChI is InChI=1S/C17H20N2O/c1-3-12(2)15-9-4-5-10-16(15)19-17(20)13-7-6-8-14(18)11-13/h4-12H,3,18H2,1-2H3,(H,19,20). The van der Waals surface area contributed by atoms with Crippen LogP contribution < -0.4 is 11.1 Å². The van der Waals surface area contributed by atoms with Gasteiger partial charge in [-0.1, -0.05) is 38.1 Å². The molecule has 0 radical (unpaired) electrons. The van der Waals surface area contributed by atoms with Crippen molar-refractivity contribution < 1.29 is 4.79 Å². The Morgan fingerprint density at radius 3 is 2.65 bits per heavy atom. The third-order valence-electron chi connectivity index (χ3n) is 3.50. The maximum absolute atomic E-state index is 12.3. The van der Waals surface area contributed by atoms with Crippen LogP contribution in [0.1, 0.15) is 42.1 Å². The van der Waals surface area contributed by atoms with Gasteiger partial charge in [0.25, 0.3) is 5.91 Å². The Hall–Kier alpha value is -2.29. The van der Waals surface area contributed by atoms with E-state index >= 15 is 0 Å². The molecule has 1 atom stereocenters. The molecule has 3 N–H and O–H groups in total. The number of amides is 1. The van der Waals surface area contributed by atoms with Crippen molar-refractivity contribution in [3.8, 4) is 0 Å². The van der Waals surface area contributed by atoms with Gasteiger partial charge in [-0.25, -0.2) is 0 Å². The van der Waals surface area contributed by atoms with Gasteiger partial charge in [-0.05, 0) is 42.2 Å². The lowest BCUT2D eigenvalue weighted by molar-refractivity contribution is 0.102. The van der Waals surface area contributed by atoms with Crippen LogP contribution in [0, 0.1) is 0 Å². The summed E-state index contributed by atoms with van der Waals surface area (Å²) >= 11 is 0. The minimum Gasteiger partial charge on any atom is -0.399 e. The van der Waals surface area contributed by atoms with E-state index in [4.69, 9.17) is 5.73 Å². The summed E-state index contributed by atoms with van der Waals surface area (Å²) in [5.41, 5.74) is 8.90. The molecule has 104 valence electrons. The summed E-state index contributed by atoms with van der Waals surface area (Å²) in [6, 6.07) is 14.9. The summed E-state index contributed by atoms with van der Waals surface area (Å²) in [6.45, 7) is 4.30. The van der Waals surface area contributed by atoms with E-state index in [0.29, 0.717) is 17.2 Å². The quantitative estimate of drug-likeness (QED) is 0.822. The van der Waals surface area contributed by atoms with Crippen molar-refractivity contribution in [3.05, 3.63) is 59.7 Å². The molecule has 20 heavy (non-hydrogen) atoms. The highest BCUT2D eigenvalue weighted by Gasteiger charge is 2.12. The zero-order valence-electron chi connectivity index (χ0n) is 11.9. The molecule has 1 amide bonds. The molecule has 3 heteroatoms. The summed E-state index contributed by atoms with van der Waals surface area (Å²) in [5, 5.41) is 2.97. The van der Waals surface area contributed by atoms with Crippen molar-refractivity contribution >= 4 is 17.3 Å². The van der Waals surface area contributed by atoms with Crippen LogP contribution in [0.4, 0.5) is 11.4 Å². The molecule has 2 aromatic rings. The Morgan fingerprint density at radius 2 is 1.95 bits per heavy atom. The highest BCUT2D eigenvalue weighted by Crippen LogP contribution is 2.26. The van der Waals surface area contributed by atoms with Crippen LogP contribution in [0.5, 0.6) is 0 Å². The number of hydrogen-bond acceptors (Lipinski definition) is 2. The van der Waals surface area contributed by atoms with Gasteiger partial charge in [0.2, 0.25) is 0 Å². The van der Waals surface area contributed by atoms with Gasteiger partial charge in [-0.2, -0.15) is 0 Å². The number of nitrogens with two attached hydrogens (primary N) is 1. The zero-order valence-corrected chi connectivity index (χ0v) is 11.9. The van der Waals surface area contributed by atoms with Crippen LogP contribution in [0.2, 0.25) is 0 Å². The molecule has 0 saturated heterocycles. The molecule has 2 aromatic carbocycles. The van der Waals surface area contributed by atoms with Gasteiger partial charge >= 0.3 is 0 Å². The molecule has 3 nitrogen and oxygen atoms in total. The number of hydrogen-bond donors (Lipinski definition) is 2. The predicted molar refractivity (Wildman–Crippen MR) is 84.0 cm³/mol. The highest BCUT2D eigenvalue weighted by molar-refractivity contribution is 6.05. The second kappa shape index (κ2) is 6.24. The first-order valence-corrected chi connectivity index (χ1v) is 6.87. The lowest BCUT2D eigenvalue weighted by atomic mass is 9.97. The molecule has 0 aliphatic carbocycles. The number of nitrogen functional groups attached to an aromatic ring is 1. The Bertz CT molecular complexity index is 607. The third-order valence-corrected chi connectivity index (χ3v) is 3.50. The Balaban J connectivity index is 2.24. The number of rotatable bonds is 4. The summed E-state index contributed by atoms with van der Waals surface area (Å²) in [4.78, 5) is 12.3. The van der Waals surface area contributed by atoms with Crippen molar-refractivity contribution in [1.29, 1.82) is 0 Å². The van der Waals surface area contributed by atoms with E-state index in [1.807, 2.05) is 18.2 Å². The van der Waals surface area contributed by atoms with E-state index in [1.54, 1.807) is 24.3 Å². The fourth-order valence-corrected chi connectivity index (χ4v) is 2.13. The fourth-order valence-electron chi connectivity index (χ4n) is 2.13. The Labute approximate surface area is 119 Å². The smallest absolute Gasteiger partial charge is 0.255 e. The van der Waals surface area contributed by atoms with E-state index in [2.05, 4.69) is 25.2 Å². The van der Waals surface area contributed by atoms with E-state index in [9.17, 15) is 4.79 Å². The maximum Gasteiger partial charge on any atom is 0.255 e.